The standard InChI is InChI=1S/C16H14BrNO6/c1-9-6-11(4-5-12(9)18(20)21)24-16(19)10-7-13(22-2)15(17)14(8-10)23-3/h4-8H,1-3H3. The van der Waals surface area contributed by atoms with Crippen LogP contribution in [0.2, 0.25) is 0 Å². The van der Waals surface area contributed by atoms with Gasteiger partial charge in [-0.1, -0.05) is 0 Å². The first-order valence-corrected chi connectivity index (χ1v) is 7.55. The smallest absolute Gasteiger partial charge is 0.343 e. The number of carbonyl (C=O) groups is 1. The summed E-state index contributed by atoms with van der Waals surface area (Å²) in [6, 6.07) is 7.11. The van der Waals surface area contributed by atoms with Gasteiger partial charge in [-0.05, 0) is 47.1 Å². The van der Waals surface area contributed by atoms with E-state index in [4.69, 9.17) is 14.2 Å². The van der Waals surface area contributed by atoms with Crippen LogP contribution in [0.4, 0.5) is 5.69 Å². The van der Waals surface area contributed by atoms with E-state index in [0.29, 0.717) is 21.5 Å². The number of ether oxygens (including phenoxy) is 3. The highest BCUT2D eigenvalue weighted by atomic mass is 79.9. The lowest BCUT2D eigenvalue weighted by Gasteiger charge is -2.11. The molecular formula is C16H14BrNO6. The maximum absolute atomic E-state index is 12.3. The minimum absolute atomic E-state index is 0.0400. The number of nitro groups is 1. The molecule has 0 N–H and O–H groups in total. The van der Waals surface area contributed by atoms with Gasteiger partial charge in [-0.2, -0.15) is 0 Å². The van der Waals surface area contributed by atoms with Gasteiger partial charge < -0.3 is 14.2 Å². The van der Waals surface area contributed by atoms with Crippen molar-refractivity contribution in [1.82, 2.24) is 0 Å². The molecule has 0 aliphatic carbocycles. The summed E-state index contributed by atoms with van der Waals surface area (Å²) in [5.41, 5.74) is 0.584. The molecule has 0 bridgehead atoms. The largest absolute Gasteiger partial charge is 0.495 e. The number of aryl methyl sites for hydroxylation is 1. The maximum atomic E-state index is 12.3. The maximum Gasteiger partial charge on any atom is 0.343 e. The van der Waals surface area contributed by atoms with Gasteiger partial charge in [0.1, 0.15) is 21.7 Å². The summed E-state index contributed by atoms with van der Waals surface area (Å²) in [6.45, 7) is 1.57. The number of carbonyl (C=O) groups excluding carboxylic acids is 1. The fourth-order valence-electron chi connectivity index (χ4n) is 2.05. The molecular weight excluding hydrogens is 382 g/mol. The zero-order chi connectivity index (χ0) is 17.9. The number of benzene rings is 2. The van der Waals surface area contributed by atoms with E-state index in [0.717, 1.165) is 0 Å². The van der Waals surface area contributed by atoms with Crippen LogP contribution in [-0.4, -0.2) is 25.1 Å². The van der Waals surface area contributed by atoms with E-state index in [1.165, 1.54) is 44.6 Å². The molecule has 8 heteroatoms. The summed E-state index contributed by atoms with van der Waals surface area (Å²) in [5.74, 6) is 0.415. The van der Waals surface area contributed by atoms with Gasteiger partial charge in [0, 0.05) is 11.6 Å². The van der Waals surface area contributed by atoms with Gasteiger partial charge in [0.25, 0.3) is 5.69 Å². The molecule has 2 aromatic carbocycles. The van der Waals surface area contributed by atoms with E-state index >= 15 is 0 Å². The molecule has 0 aromatic heterocycles. The molecule has 0 spiro atoms. The van der Waals surface area contributed by atoms with E-state index in [1.807, 2.05) is 0 Å². The third-order valence-corrected chi connectivity index (χ3v) is 4.04. The lowest BCUT2D eigenvalue weighted by atomic mass is 10.2. The molecule has 0 aliphatic heterocycles. The van der Waals surface area contributed by atoms with Crippen LogP contribution in [0.15, 0.2) is 34.8 Å². The average Bonchev–Trinajstić information content (AvgIpc) is 2.54. The molecule has 0 aliphatic rings. The predicted molar refractivity (Wildman–Crippen MR) is 90.0 cm³/mol. The number of rotatable bonds is 5. The Morgan fingerprint density at radius 3 is 2.17 bits per heavy atom. The van der Waals surface area contributed by atoms with Gasteiger partial charge in [-0.15, -0.1) is 0 Å². The van der Waals surface area contributed by atoms with Crippen LogP contribution in [0.1, 0.15) is 15.9 Å². The molecule has 24 heavy (non-hydrogen) atoms. The number of nitrogens with zero attached hydrogens (tertiary/aromatic N) is 1. The van der Waals surface area contributed by atoms with Crippen LogP contribution < -0.4 is 14.2 Å². The van der Waals surface area contributed by atoms with Crippen molar-refractivity contribution < 1.29 is 23.9 Å². The molecule has 0 saturated carbocycles. The number of nitro benzene ring substituents is 1. The number of esters is 1. The van der Waals surface area contributed by atoms with Crippen molar-refractivity contribution in [1.29, 1.82) is 0 Å². The molecule has 0 heterocycles. The van der Waals surface area contributed by atoms with Gasteiger partial charge in [-0.3, -0.25) is 10.1 Å². The molecule has 2 aromatic rings. The molecule has 0 atom stereocenters. The van der Waals surface area contributed by atoms with E-state index in [2.05, 4.69) is 15.9 Å². The monoisotopic (exact) mass is 395 g/mol. The van der Waals surface area contributed by atoms with E-state index in [1.54, 1.807) is 6.92 Å². The average molecular weight is 396 g/mol. The highest BCUT2D eigenvalue weighted by Crippen LogP contribution is 2.36. The Hall–Kier alpha value is -2.61. The molecule has 126 valence electrons. The van der Waals surface area contributed by atoms with Crippen LogP contribution in [0.5, 0.6) is 17.2 Å². The quantitative estimate of drug-likeness (QED) is 0.330. The van der Waals surface area contributed by atoms with Gasteiger partial charge >= 0.3 is 5.97 Å². The minimum Gasteiger partial charge on any atom is -0.495 e. The Morgan fingerprint density at radius 2 is 1.71 bits per heavy atom. The summed E-state index contributed by atoms with van der Waals surface area (Å²) < 4.78 is 16.2. The van der Waals surface area contributed by atoms with Crippen molar-refractivity contribution in [2.24, 2.45) is 0 Å². The summed E-state index contributed by atoms with van der Waals surface area (Å²) >= 11 is 3.32. The summed E-state index contributed by atoms with van der Waals surface area (Å²) in [5, 5.41) is 10.8. The van der Waals surface area contributed by atoms with Crippen molar-refractivity contribution in [3.63, 3.8) is 0 Å². The van der Waals surface area contributed by atoms with Crippen LogP contribution in [0, 0.1) is 17.0 Å². The zero-order valence-corrected chi connectivity index (χ0v) is 14.7. The molecule has 0 amide bonds. The lowest BCUT2D eigenvalue weighted by Crippen LogP contribution is -2.09. The Kier molecular flexibility index (Phi) is 5.40. The van der Waals surface area contributed by atoms with Crippen LogP contribution in [0.3, 0.4) is 0 Å². The molecule has 0 radical (unpaired) electrons. The molecule has 0 fully saturated rings. The Balaban J connectivity index is 2.30. The van der Waals surface area contributed by atoms with Crippen molar-refractivity contribution >= 4 is 27.6 Å². The predicted octanol–water partition coefficient (Wildman–Crippen LogP) is 3.90. The fourth-order valence-corrected chi connectivity index (χ4v) is 2.60. The summed E-state index contributed by atoms with van der Waals surface area (Å²) in [7, 11) is 2.93. The number of hydrogen-bond donors (Lipinski definition) is 0. The highest BCUT2D eigenvalue weighted by molar-refractivity contribution is 9.10. The molecule has 7 nitrogen and oxygen atoms in total. The Bertz CT molecular complexity index is 780. The second kappa shape index (κ2) is 7.31. The van der Waals surface area contributed by atoms with Crippen LogP contribution in [-0.2, 0) is 0 Å². The first kappa shape index (κ1) is 17.7. The van der Waals surface area contributed by atoms with Gasteiger partial charge in [0.05, 0.1) is 24.7 Å². The van der Waals surface area contributed by atoms with Gasteiger partial charge in [-0.25, -0.2) is 4.79 Å². The molecule has 0 unspecified atom stereocenters. The normalized spacial score (nSPS) is 10.2. The van der Waals surface area contributed by atoms with Crippen molar-refractivity contribution in [3.05, 3.63) is 56.0 Å². The van der Waals surface area contributed by atoms with Gasteiger partial charge in [0.15, 0.2) is 0 Å². The fraction of sp³-hybridized carbons (Fsp3) is 0.188. The Morgan fingerprint density at radius 1 is 1.12 bits per heavy atom. The Labute approximate surface area is 146 Å². The second-order valence-corrected chi connectivity index (χ2v) is 5.58. The van der Waals surface area contributed by atoms with Crippen LogP contribution >= 0.6 is 15.9 Å². The summed E-state index contributed by atoms with van der Waals surface area (Å²) in [4.78, 5) is 22.6. The number of hydrogen-bond acceptors (Lipinski definition) is 6. The van der Waals surface area contributed by atoms with Crippen molar-refractivity contribution in [2.75, 3.05) is 14.2 Å². The van der Waals surface area contributed by atoms with E-state index < -0.39 is 10.9 Å². The second-order valence-electron chi connectivity index (χ2n) is 4.79. The number of halogens is 1. The van der Waals surface area contributed by atoms with Crippen LogP contribution in [0.25, 0.3) is 0 Å². The number of methoxy groups -OCH3 is 2. The SMILES string of the molecule is COc1cc(C(=O)Oc2ccc([N+](=O)[O-])c(C)c2)cc(OC)c1Br. The van der Waals surface area contributed by atoms with E-state index in [9.17, 15) is 14.9 Å². The lowest BCUT2D eigenvalue weighted by molar-refractivity contribution is -0.385. The third kappa shape index (κ3) is 3.65. The van der Waals surface area contributed by atoms with Gasteiger partial charge in [0.2, 0.25) is 0 Å². The minimum atomic E-state index is -0.632. The zero-order valence-electron chi connectivity index (χ0n) is 13.2. The van der Waals surface area contributed by atoms with Crippen molar-refractivity contribution in [2.45, 2.75) is 6.92 Å². The third-order valence-electron chi connectivity index (χ3n) is 3.26. The first-order valence-electron chi connectivity index (χ1n) is 6.76. The van der Waals surface area contributed by atoms with Crippen molar-refractivity contribution in [3.8, 4) is 17.2 Å². The summed E-state index contributed by atoms with van der Waals surface area (Å²) in [6.07, 6.45) is 0. The van der Waals surface area contributed by atoms with E-state index in [-0.39, 0.29) is 17.0 Å². The molecule has 2 rings (SSSR count). The molecule has 0 saturated heterocycles. The highest BCUT2D eigenvalue weighted by Gasteiger charge is 2.17. The first-order chi connectivity index (χ1) is 11.4. The topological polar surface area (TPSA) is 87.9 Å².